The monoisotopic (exact) mass is 460 g/mol. The van der Waals surface area contributed by atoms with Crippen LogP contribution >= 0.6 is 15.9 Å². The second-order valence-corrected chi connectivity index (χ2v) is 7.01. The van der Waals surface area contributed by atoms with Crippen molar-refractivity contribution in [1.82, 2.24) is 10.6 Å². The molecule has 1 heterocycles. The second kappa shape index (κ2) is 9.44. The number of hydrogen-bond donors (Lipinski definition) is 3. The van der Waals surface area contributed by atoms with Crippen LogP contribution in [0.5, 0.6) is 5.75 Å². The van der Waals surface area contributed by atoms with Gasteiger partial charge in [0, 0.05) is 18.6 Å². The number of nitrogens with one attached hydrogen (secondary N) is 2. The Bertz CT molecular complexity index is 1030. The van der Waals surface area contributed by atoms with E-state index in [0.717, 1.165) is 11.3 Å². The van der Waals surface area contributed by atoms with Crippen LogP contribution < -0.4 is 10.2 Å². The van der Waals surface area contributed by atoms with E-state index in [4.69, 9.17) is 14.7 Å². The largest absolute Gasteiger partial charge is 0.497 e. The van der Waals surface area contributed by atoms with Crippen LogP contribution in [0, 0.1) is 11.2 Å². The van der Waals surface area contributed by atoms with Crippen LogP contribution in [0.3, 0.4) is 0 Å². The van der Waals surface area contributed by atoms with E-state index in [0.29, 0.717) is 29.1 Å². The van der Waals surface area contributed by atoms with Crippen molar-refractivity contribution in [3.8, 4) is 5.75 Å². The SMILES string of the molecule is COc1ccc(CC(=N)Cc2nocc2C(=Nc2ccc(F)c(Br)c2)NO)cc1. The lowest BCUT2D eigenvalue weighted by Crippen LogP contribution is -2.21. The summed E-state index contributed by atoms with van der Waals surface area (Å²) in [7, 11) is 1.60. The Morgan fingerprint density at radius 2 is 2.03 bits per heavy atom. The molecule has 0 atom stereocenters. The van der Waals surface area contributed by atoms with E-state index in [1.54, 1.807) is 7.11 Å². The number of hydroxylamine groups is 1. The number of halogens is 2. The lowest BCUT2D eigenvalue weighted by Gasteiger charge is -2.07. The summed E-state index contributed by atoms with van der Waals surface area (Å²) in [5.41, 5.74) is 4.66. The molecule has 0 aliphatic carbocycles. The van der Waals surface area contributed by atoms with Gasteiger partial charge in [-0.05, 0) is 51.8 Å². The molecule has 0 radical (unpaired) electrons. The first-order valence-corrected chi connectivity index (χ1v) is 9.36. The van der Waals surface area contributed by atoms with Crippen molar-refractivity contribution in [2.75, 3.05) is 7.11 Å². The number of ether oxygens (including phenoxy) is 1. The van der Waals surface area contributed by atoms with E-state index < -0.39 is 5.82 Å². The zero-order chi connectivity index (χ0) is 20.8. The third-order valence-corrected chi connectivity index (χ3v) is 4.71. The van der Waals surface area contributed by atoms with Crippen molar-refractivity contribution in [1.29, 1.82) is 5.41 Å². The van der Waals surface area contributed by atoms with Gasteiger partial charge in [0.15, 0.2) is 5.84 Å². The summed E-state index contributed by atoms with van der Waals surface area (Å²) in [5, 5.41) is 21.7. The molecule has 0 bridgehead atoms. The smallest absolute Gasteiger partial charge is 0.162 e. The average Bonchev–Trinajstić information content (AvgIpc) is 3.17. The van der Waals surface area contributed by atoms with Crippen molar-refractivity contribution in [3.63, 3.8) is 0 Å². The van der Waals surface area contributed by atoms with Gasteiger partial charge in [0.25, 0.3) is 0 Å². The normalized spacial score (nSPS) is 11.4. The maximum Gasteiger partial charge on any atom is 0.162 e. The molecule has 3 aromatic rings. The van der Waals surface area contributed by atoms with Gasteiger partial charge < -0.3 is 14.7 Å². The van der Waals surface area contributed by atoms with Gasteiger partial charge in [0.2, 0.25) is 0 Å². The summed E-state index contributed by atoms with van der Waals surface area (Å²) in [6.07, 6.45) is 1.97. The van der Waals surface area contributed by atoms with Crippen molar-refractivity contribution >= 4 is 33.2 Å². The molecule has 3 rings (SSSR count). The van der Waals surface area contributed by atoms with Gasteiger partial charge in [-0.3, -0.25) is 10.7 Å². The lowest BCUT2D eigenvalue weighted by molar-refractivity contribution is 0.235. The third-order valence-electron chi connectivity index (χ3n) is 4.11. The predicted octanol–water partition coefficient (Wildman–Crippen LogP) is 4.45. The van der Waals surface area contributed by atoms with Crippen LogP contribution in [-0.2, 0) is 12.8 Å². The number of hydrogen-bond acceptors (Lipinski definition) is 6. The zero-order valence-corrected chi connectivity index (χ0v) is 17.0. The van der Waals surface area contributed by atoms with E-state index in [1.165, 1.54) is 24.5 Å². The summed E-state index contributed by atoms with van der Waals surface area (Å²) >= 11 is 3.10. The number of aromatic nitrogens is 1. The highest BCUT2D eigenvalue weighted by molar-refractivity contribution is 9.10. The van der Waals surface area contributed by atoms with E-state index in [2.05, 4.69) is 26.1 Å². The maximum atomic E-state index is 13.4. The molecule has 0 aliphatic rings. The molecule has 3 N–H and O–H groups in total. The van der Waals surface area contributed by atoms with Crippen LogP contribution in [0.2, 0.25) is 0 Å². The molecule has 0 saturated carbocycles. The van der Waals surface area contributed by atoms with Gasteiger partial charge >= 0.3 is 0 Å². The number of methoxy groups -OCH3 is 1. The molecule has 0 saturated heterocycles. The van der Waals surface area contributed by atoms with Gasteiger partial charge in [-0.15, -0.1) is 0 Å². The van der Waals surface area contributed by atoms with Crippen LogP contribution in [0.25, 0.3) is 0 Å². The molecule has 29 heavy (non-hydrogen) atoms. The van der Waals surface area contributed by atoms with Crippen LogP contribution in [0.4, 0.5) is 10.1 Å². The minimum Gasteiger partial charge on any atom is -0.497 e. The number of nitrogens with zero attached hydrogens (tertiary/aromatic N) is 2. The predicted molar refractivity (Wildman–Crippen MR) is 110 cm³/mol. The fraction of sp³-hybridized carbons (Fsp3) is 0.150. The summed E-state index contributed by atoms with van der Waals surface area (Å²) in [4.78, 5) is 4.27. The van der Waals surface area contributed by atoms with Crippen molar-refractivity contribution in [2.24, 2.45) is 4.99 Å². The van der Waals surface area contributed by atoms with Gasteiger partial charge in [0.1, 0.15) is 23.5 Å². The summed E-state index contributed by atoms with van der Waals surface area (Å²) in [6, 6.07) is 11.7. The topological polar surface area (TPSA) is 104 Å². The standard InChI is InChI=1S/C20H18BrFN4O3/c1-28-15-5-2-12(3-6-15)8-13(23)9-19-16(11-29-26-19)20(25-27)24-14-4-7-18(22)17(21)10-14/h2-7,10-11,23,27H,8-9H2,1H3,(H,24,25). The minimum atomic E-state index is -0.417. The molecule has 7 nitrogen and oxygen atoms in total. The molecule has 150 valence electrons. The quantitative estimate of drug-likeness (QED) is 0.274. The maximum absolute atomic E-state index is 13.4. The average molecular weight is 461 g/mol. The molecule has 9 heteroatoms. The second-order valence-electron chi connectivity index (χ2n) is 6.15. The first-order valence-electron chi connectivity index (χ1n) is 8.57. The van der Waals surface area contributed by atoms with Crippen LogP contribution in [0.1, 0.15) is 16.8 Å². The third kappa shape index (κ3) is 5.27. The Morgan fingerprint density at radius 3 is 2.69 bits per heavy atom. The molecule has 0 fully saturated rings. The molecule has 0 unspecified atom stereocenters. The fourth-order valence-corrected chi connectivity index (χ4v) is 3.03. The highest BCUT2D eigenvalue weighted by Gasteiger charge is 2.16. The Balaban J connectivity index is 1.76. The Hall–Kier alpha value is -3.04. The van der Waals surface area contributed by atoms with Crippen LogP contribution in [-0.4, -0.2) is 29.0 Å². The van der Waals surface area contributed by atoms with Gasteiger partial charge in [-0.25, -0.2) is 9.38 Å². The molecular weight excluding hydrogens is 443 g/mol. The molecule has 0 amide bonds. The number of aliphatic imine (C=N–C) groups is 1. The number of amidine groups is 1. The molecule has 0 spiro atoms. The van der Waals surface area contributed by atoms with E-state index in [9.17, 15) is 9.60 Å². The Labute approximate surface area is 174 Å². The van der Waals surface area contributed by atoms with Crippen molar-refractivity contribution < 1.29 is 18.9 Å². The summed E-state index contributed by atoms with van der Waals surface area (Å²) in [5.74, 6) is 0.415. The van der Waals surface area contributed by atoms with Crippen LogP contribution in [0.15, 0.2) is 62.7 Å². The molecular formula is C20H18BrFN4O3. The van der Waals surface area contributed by atoms with Crippen molar-refractivity contribution in [2.45, 2.75) is 12.8 Å². The van der Waals surface area contributed by atoms with E-state index in [-0.39, 0.29) is 16.7 Å². The highest BCUT2D eigenvalue weighted by atomic mass is 79.9. The number of benzene rings is 2. The zero-order valence-electron chi connectivity index (χ0n) is 15.4. The van der Waals surface area contributed by atoms with E-state index >= 15 is 0 Å². The minimum absolute atomic E-state index is 0.0806. The number of rotatable bonds is 7. The first-order chi connectivity index (χ1) is 14.0. The molecule has 0 aliphatic heterocycles. The summed E-state index contributed by atoms with van der Waals surface area (Å²) in [6.45, 7) is 0. The lowest BCUT2D eigenvalue weighted by atomic mass is 10.0. The van der Waals surface area contributed by atoms with Crippen molar-refractivity contribution in [3.05, 3.63) is 75.8 Å². The Kier molecular flexibility index (Phi) is 6.73. The van der Waals surface area contributed by atoms with Gasteiger partial charge in [0.05, 0.1) is 22.8 Å². The highest BCUT2D eigenvalue weighted by Crippen LogP contribution is 2.23. The fourth-order valence-electron chi connectivity index (χ4n) is 2.66. The molecule has 1 aromatic heterocycles. The van der Waals surface area contributed by atoms with E-state index in [1.807, 2.05) is 29.7 Å². The van der Waals surface area contributed by atoms with Gasteiger partial charge in [-0.1, -0.05) is 17.3 Å². The first kappa shape index (κ1) is 20.7. The van der Waals surface area contributed by atoms with Gasteiger partial charge in [-0.2, -0.15) is 0 Å². The molecule has 2 aromatic carbocycles. The summed E-state index contributed by atoms with van der Waals surface area (Å²) < 4.78 is 23.8. The Morgan fingerprint density at radius 1 is 1.28 bits per heavy atom.